The number of hydrogen-bond acceptors (Lipinski definition) is 4. The molecule has 6 nitrogen and oxygen atoms in total. The minimum atomic E-state index is -4.59. The number of nitrogens with one attached hydrogen (secondary N) is 1. The zero-order valence-corrected chi connectivity index (χ0v) is 16.8. The van der Waals surface area contributed by atoms with Crippen LogP contribution < -0.4 is 10.7 Å². The van der Waals surface area contributed by atoms with Crippen molar-refractivity contribution in [3.8, 4) is 5.69 Å². The van der Waals surface area contributed by atoms with Gasteiger partial charge in [0.15, 0.2) is 5.69 Å². The van der Waals surface area contributed by atoms with Crippen molar-refractivity contribution in [2.75, 3.05) is 26.7 Å². The van der Waals surface area contributed by atoms with E-state index in [9.17, 15) is 22.8 Å². The van der Waals surface area contributed by atoms with Crippen LogP contribution >= 0.6 is 12.4 Å². The van der Waals surface area contributed by atoms with E-state index in [-0.39, 0.29) is 35.4 Å². The van der Waals surface area contributed by atoms with E-state index in [4.69, 9.17) is 0 Å². The van der Waals surface area contributed by atoms with E-state index in [1.54, 1.807) is 0 Å². The predicted octanol–water partition coefficient (Wildman–Crippen LogP) is 2.66. The number of carbonyl (C=O) groups excluding carboxylic acids is 1. The van der Waals surface area contributed by atoms with Crippen LogP contribution in [0.3, 0.4) is 0 Å². The van der Waals surface area contributed by atoms with Crippen molar-refractivity contribution in [3.05, 3.63) is 57.5 Å². The maximum Gasteiger partial charge on any atom is 0.418 e. The van der Waals surface area contributed by atoms with E-state index in [0.717, 1.165) is 29.8 Å². The minimum Gasteiger partial charge on any atom is -0.337 e. The lowest BCUT2D eigenvalue weighted by Crippen LogP contribution is -2.35. The Labute approximate surface area is 172 Å². The highest BCUT2D eigenvalue weighted by Gasteiger charge is 2.35. The Kier molecular flexibility index (Phi) is 7.07. The summed E-state index contributed by atoms with van der Waals surface area (Å²) in [6, 6.07) is 6.09. The summed E-state index contributed by atoms with van der Waals surface area (Å²) in [5, 5.41) is 7.08. The molecule has 0 saturated carbocycles. The van der Waals surface area contributed by atoms with Gasteiger partial charge in [-0.05, 0) is 45.0 Å². The summed E-state index contributed by atoms with van der Waals surface area (Å²) in [5.41, 5.74) is -1.86. The van der Waals surface area contributed by atoms with E-state index in [0.29, 0.717) is 13.1 Å². The van der Waals surface area contributed by atoms with Gasteiger partial charge in [-0.2, -0.15) is 18.3 Å². The topological polar surface area (TPSA) is 67.2 Å². The molecule has 1 fully saturated rings. The number of benzene rings is 1. The van der Waals surface area contributed by atoms with Gasteiger partial charge in [0, 0.05) is 24.8 Å². The lowest BCUT2D eigenvalue weighted by molar-refractivity contribution is -0.137. The molecular formula is C19H22ClF3N4O2. The van der Waals surface area contributed by atoms with Gasteiger partial charge in [-0.1, -0.05) is 12.1 Å². The molecule has 1 aromatic heterocycles. The summed E-state index contributed by atoms with van der Waals surface area (Å²) >= 11 is 0. The fraction of sp³-hybridized carbons (Fsp3) is 0.421. The molecule has 158 valence electrons. The van der Waals surface area contributed by atoms with Gasteiger partial charge in [0.2, 0.25) is 5.43 Å². The quantitative estimate of drug-likeness (QED) is 0.809. The number of amides is 1. The van der Waals surface area contributed by atoms with E-state index in [1.165, 1.54) is 30.0 Å². The number of likely N-dealkylation sites (tertiary alicyclic amines) is 1. The average Bonchev–Trinajstić information content (AvgIpc) is 3.10. The lowest BCUT2D eigenvalue weighted by Gasteiger charge is -2.19. The number of nitrogens with zero attached hydrogens (tertiary/aromatic N) is 3. The molecule has 1 aromatic carbocycles. The molecule has 2 aromatic rings. The first-order valence-electron chi connectivity index (χ1n) is 8.94. The second kappa shape index (κ2) is 8.96. The van der Waals surface area contributed by atoms with Crippen LogP contribution in [0.4, 0.5) is 13.2 Å². The summed E-state index contributed by atoms with van der Waals surface area (Å²) in [5.74, 6) is -0.283. The SMILES string of the molecule is CNCC1CCN(C(=O)c2nn(-c3ccccc3C(F)(F)F)c(C)cc2=O)C1.Cl. The fourth-order valence-electron chi connectivity index (χ4n) is 3.46. The Morgan fingerprint density at radius 2 is 2.00 bits per heavy atom. The molecule has 0 aliphatic carbocycles. The van der Waals surface area contributed by atoms with Crippen molar-refractivity contribution in [1.29, 1.82) is 0 Å². The van der Waals surface area contributed by atoms with Gasteiger partial charge in [0.1, 0.15) is 0 Å². The van der Waals surface area contributed by atoms with Gasteiger partial charge in [-0.3, -0.25) is 9.59 Å². The van der Waals surface area contributed by atoms with Crippen LogP contribution in [0.1, 0.15) is 28.2 Å². The van der Waals surface area contributed by atoms with Crippen LogP contribution in [-0.4, -0.2) is 47.3 Å². The maximum absolute atomic E-state index is 13.4. The van der Waals surface area contributed by atoms with E-state index >= 15 is 0 Å². The van der Waals surface area contributed by atoms with Crippen molar-refractivity contribution in [2.45, 2.75) is 19.5 Å². The Morgan fingerprint density at radius 3 is 2.66 bits per heavy atom. The molecule has 1 unspecified atom stereocenters. The summed E-state index contributed by atoms with van der Waals surface area (Å²) in [7, 11) is 1.82. The summed E-state index contributed by atoms with van der Waals surface area (Å²) in [6.45, 7) is 3.19. The molecule has 1 saturated heterocycles. The summed E-state index contributed by atoms with van der Waals surface area (Å²) in [4.78, 5) is 26.7. The molecule has 10 heteroatoms. The number of rotatable bonds is 4. The van der Waals surface area contributed by atoms with E-state index < -0.39 is 23.1 Å². The van der Waals surface area contributed by atoms with Crippen LogP contribution in [0.2, 0.25) is 0 Å². The van der Waals surface area contributed by atoms with Crippen LogP contribution in [0.15, 0.2) is 35.1 Å². The van der Waals surface area contributed by atoms with Crippen LogP contribution in [0, 0.1) is 12.8 Å². The molecule has 0 bridgehead atoms. The molecule has 2 heterocycles. The highest BCUT2D eigenvalue weighted by molar-refractivity contribution is 5.92. The highest BCUT2D eigenvalue weighted by atomic mass is 35.5. The standard InChI is InChI=1S/C19H21F3N4O2.ClH/c1-12-9-16(27)17(18(28)25-8-7-13(11-25)10-23-2)24-26(12)15-6-4-3-5-14(15)19(20,21)22;/h3-6,9,13,23H,7-8,10-11H2,1-2H3;1H. The smallest absolute Gasteiger partial charge is 0.337 e. The number of carbonyl (C=O) groups is 1. The molecule has 0 spiro atoms. The van der Waals surface area contributed by atoms with Gasteiger partial charge < -0.3 is 10.2 Å². The zero-order valence-electron chi connectivity index (χ0n) is 16.0. The number of aromatic nitrogens is 2. The van der Waals surface area contributed by atoms with Crippen LogP contribution in [0.25, 0.3) is 5.69 Å². The normalized spacial score (nSPS) is 16.6. The third-order valence-electron chi connectivity index (χ3n) is 4.81. The summed E-state index contributed by atoms with van der Waals surface area (Å²) in [6.07, 6.45) is -3.79. The highest BCUT2D eigenvalue weighted by Crippen LogP contribution is 2.33. The Bertz CT molecular complexity index is 946. The van der Waals surface area contributed by atoms with E-state index in [2.05, 4.69) is 10.4 Å². The van der Waals surface area contributed by atoms with Crippen molar-refractivity contribution in [3.63, 3.8) is 0 Å². The monoisotopic (exact) mass is 430 g/mol. The third kappa shape index (κ3) is 4.79. The third-order valence-corrected chi connectivity index (χ3v) is 4.81. The Hall–Kier alpha value is -2.39. The molecule has 1 N–H and O–H groups in total. The second-order valence-electron chi connectivity index (χ2n) is 6.89. The van der Waals surface area contributed by atoms with Crippen molar-refractivity contribution in [1.82, 2.24) is 20.0 Å². The number of halogens is 4. The number of aryl methyl sites for hydroxylation is 1. The molecule has 1 aliphatic rings. The summed E-state index contributed by atoms with van der Waals surface area (Å²) < 4.78 is 41.2. The fourth-order valence-corrected chi connectivity index (χ4v) is 3.46. The van der Waals surface area contributed by atoms with E-state index in [1.807, 2.05) is 7.05 Å². The van der Waals surface area contributed by atoms with Crippen molar-refractivity contribution < 1.29 is 18.0 Å². The zero-order chi connectivity index (χ0) is 20.5. The molecule has 1 amide bonds. The van der Waals surface area contributed by atoms with Crippen LogP contribution in [-0.2, 0) is 6.18 Å². The molecule has 3 rings (SSSR count). The van der Waals surface area contributed by atoms with Gasteiger partial charge >= 0.3 is 6.18 Å². The number of alkyl halides is 3. The van der Waals surface area contributed by atoms with Gasteiger partial charge in [-0.15, -0.1) is 12.4 Å². The predicted molar refractivity (Wildman–Crippen MR) is 105 cm³/mol. The molecule has 1 aliphatic heterocycles. The molecule has 0 radical (unpaired) electrons. The number of hydrogen-bond donors (Lipinski definition) is 1. The van der Waals surface area contributed by atoms with Crippen molar-refractivity contribution >= 4 is 18.3 Å². The van der Waals surface area contributed by atoms with Gasteiger partial charge in [0.05, 0.1) is 11.3 Å². The molecule has 1 atom stereocenters. The first-order chi connectivity index (χ1) is 13.2. The Morgan fingerprint density at radius 1 is 1.31 bits per heavy atom. The molecular weight excluding hydrogens is 409 g/mol. The molecule has 29 heavy (non-hydrogen) atoms. The lowest BCUT2D eigenvalue weighted by atomic mass is 10.1. The second-order valence-corrected chi connectivity index (χ2v) is 6.89. The van der Waals surface area contributed by atoms with Crippen molar-refractivity contribution in [2.24, 2.45) is 5.92 Å². The van der Waals surface area contributed by atoms with Gasteiger partial charge in [0.25, 0.3) is 5.91 Å². The van der Waals surface area contributed by atoms with Gasteiger partial charge in [-0.25, -0.2) is 4.68 Å². The maximum atomic E-state index is 13.4. The first-order valence-corrected chi connectivity index (χ1v) is 8.94. The van der Waals surface area contributed by atoms with Crippen LogP contribution in [0.5, 0.6) is 0 Å². The Balaban J connectivity index is 0.00000300. The first kappa shape index (κ1) is 22.9. The minimum absolute atomic E-state index is 0. The number of para-hydroxylation sites is 1. The largest absolute Gasteiger partial charge is 0.418 e. The average molecular weight is 431 g/mol.